The summed E-state index contributed by atoms with van der Waals surface area (Å²) in [5.74, 6) is -0.807. The number of nitrogens with one attached hydrogen (secondary N) is 2. The summed E-state index contributed by atoms with van der Waals surface area (Å²) in [5, 5.41) is 10.0. The number of carbonyl (C=O) groups excluding carboxylic acids is 2. The highest BCUT2D eigenvalue weighted by molar-refractivity contribution is 7.08. The van der Waals surface area contributed by atoms with Crippen molar-refractivity contribution in [2.45, 2.75) is 6.92 Å². The summed E-state index contributed by atoms with van der Waals surface area (Å²) < 4.78 is 9.50. The fourth-order valence-electron chi connectivity index (χ4n) is 2.65. The number of anilines is 2. The minimum absolute atomic E-state index is 0.0310. The molecule has 27 heavy (non-hydrogen) atoms. The number of aromatic nitrogens is 2. The molecule has 0 radical (unpaired) electrons. The predicted molar refractivity (Wildman–Crippen MR) is 103 cm³/mol. The first-order chi connectivity index (χ1) is 13.1. The highest BCUT2D eigenvalue weighted by Crippen LogP contribution is 2.32. The number of nitrogens with zero attached hydrogens (tertiary/aromatic N) is 2. The van der Waals surface area contributed by atoms with Crippen LogP contribution >= 0.6 is 11.5 Å². The van der Waals surface area contributed by atoms with Gasteiger partial charge in [0.15, 0.2) is 0 Å². The van der Waals surface area contributed by atoms with Gasteiger partial charge in [-0.1, -0.05) is 34.8 Å². The zero-order valence-electron chi connectivity index (χ0n) is 14.2. The van der Waals surface area contributed by atoms with Crippen LogP contribution in [0.1, 0.15) is 25.9 Å². The maximum absolute atomic E-state index is 12.8. The van der Waals surface area contributed by atoms with Crippen molar-refractivity contribution in [2.24, 2.45) is 0 Å². The molecule has 0 atom stereocenters. The van der Waals surface area contributed by atoms with E-state index in [2.05, 4.69) is 20.2 Å². The van der Waals surface area contributed by atoms with Gasteiger partial charge in [0.1, 0.15) is 16.1 Å². The number of para-hydroxylation sites is 2. The van der Waals surface area contributed by atoms with Crippen LogP contribution in [0.2, 0.25) is 0 Å². The maximum atomic E-state index is 12.8. The number of benzene rings is 2. The van der Waals surface area contributed by atoms with Crippen LogP contribution < -0.4 is 10.6 Å². The Morgan fingerprint density at radius 3 is 2.44 bits per heavy atom. The number of hydrogen-bond acceptors (Lipinski definition) is 6. The van der Waals surface area contributed by atoms with E-state index in [9.17, 15) is 9.59 Å². The van der Waals surface area contributed by atoms with Gasteiger partial charge in [0, 0.05) is 11.1 Å². The van der Waals surface area contributed by atoms with Crippen LogP contribution in [0.15, 0.2) is 59.0 Å². The molecule has 0 saturated heterocycles. The fraction of sp³-hybridized carbons (Fsp3) is 0.0526. The second kappa shape index (κ2) is 7.00. The number of hydrogen-bond donors (Lipinski definition) is 2. The van der Waals surface area contributed by atoms with E-state index in [0.29, 0.717) is 32.9 Å². The molecule has 0 spiro atoms. The average molecular weight is 378 g/mol. The first-order valence-corrected chi connectivity index (χ1v) is 8.89. The number of rotatable bonds is 4. The number of amides is 2. The Kier molecular flexibility index (Phi) is 4.39. The highest BCUT2D eigenvalue weighted by atomic mass is 32.1. The minimum atomic E-state index is -0.452. The lowest BCUT2D eigenvalue weighted by molar-refractivity contribution is 0.1000. The predicted octanol–water partition coefficient (Wildman–Crippen LogP) is 4.10. The van der Waals surface area contributed by atoms with Crippen molar-refractivity contribution in [3.8, 4) is 0 Å². The van der Waals surface area contributed by atoms with Crippen LogP contribution in [-0.4, -0.2) is 21.4 Å². The number of furan rings is 1. The molecule has 4 rings (SSSR count). The van der Waals surface area contributed by atoms with Crippen molar-refractivity contribution in [3.63, 3.8) is 0 Å². The first-order valence-electron chi connectivity index (χ1n) is 8.11. The third-order valence-corrected chi connectivity index (χ3v) is 4.76. The second-order valence-corrected chi connectivity index (χ2v) is 6.52. The maximum Gasteiger partial charge on any atom is 0.293 e. The van der Waals surface area contributed by atoms with Crippen molar-refractivity contribution in [1.82, 2.24) is 9.59 Å². The van der Waals surface area contributed by atoms with Crippen LogP contribution in [-0.2, 0) is 0 Å². The molecule has 2 N–H and O–H groups in total. The van der Waals surface area contributed by atoms with Crippen LogP contribution in [0.4, 0.5) is 11.4 Å². The lowest BCUT2D eigenvalue weighted by atomic mass is 10.2. The van der Waals surface area contributed by atoms with Crippen molar-refractivity contribution in [1.29, 1.82) is 0 Å². The molecule has 0 saturated carbocycles. The molecule has 8 heteroatoms. The van der Waals surface area contributed by atoms with Crippen molar-refractivity contribution in [2.75, 3.05) is 10.6 Å². The molecule has 7 nitrogen and oxygen atoms in total. The van der Waals surface area contributed by atoms with Gasteiger partial charge < -0.3 is 15.1 Å². The molecule has 0 aliphatic carbocycles. The average Bonchev–Trinajstić information content (AvgIpc) is 3.26. The van der Waals surface area contributed by atoms with E-state index in [-0.39, 0.29) is 11.7 Å². The van der Waals surface area contributed by atoms with Gasteiger partial charge in [0.05, 0.1) is 5.69 Å². The molecular weight excluding hydrogens is 364 g/mol. The van der Waals surface area contributed by atoms with Gasteiger partial charge in [-0.25, -0.2) is 0 Å². The van der Waals surface area contributed by atoms with E-state index < -0.39 is 5.91 Å². The Hall–Kier alpha value is -3.52. The summed E-state index contributed by atoms with van der Waals surface area (Å²) in [6.45, 7) is 1.70. The standard InChI is InChI=1S/C19H14N4O3S/c1-11-17(27-23-22-11)19(25)21-15-13-9-5-6-10-14(13)26-16(15)18(24)20-12-7-3-2-4-8-12/h2-10H,1H3,(H,20,24)(H,21,25). The summed E-state index contributed by atoms with van der Waals surface area (Å²) in [6, 6.07) is 16.2. The summed E-state index contributed by atoms with van der Waals surface area (Å²) >= 11 is 0.997. The van der Waals surface area contributed by atoms with Crippen LogP contribution in [0.25, 0.3) is 11.0 Å². The molecule has 0 aliphatic heterocycles. The van der Waals surface area contributed by atoms with E-state index >= 15 is 0 Å². The Balaban J connectivity index is 1.72. The second-order valence-electron chi connectivity index (χ2n) is 5.76. The monoisotopic (exact) mass is 378 g/mol. The van der Waals surface area contributed by atoms with E-state index in [4.69, 9.17) is 4.42 Å². The summed E-state index contributed by atoms with van der Waals surface area (Å²) in [7, 11) is 0. The number of carbonyl (C=O) groups is 2. The zero-order valence-corrected chi connectivity index (χ0v) is 15.0. The third-order valence-electron chi connectivity index (χ3n) is 3.93. The zero-order chi connectivity index (χ0) is 18.8. The first kappa shape index (κ1) is 16.9. The molecule has 0 unspecified atom stereocenters. The minimum Gasteiger partial charge on any atom is -0.449 e. The molecule has 0 fully saturated rings. The van der Waals surface area contributed by atoms with Crippen molar-refractivity contribution in [3.05, 3.63) is 70.9 Å². The third kappa shape index (κ3) is 3.30. The topological polar surface area (TPSA) is 97.1 Å². The Labute approximate surface area is 158 Å². The van der Waals surface area contributed by atoms with Crippen molar-refractivity contribution < 1.29 is 14.0 Å². The van der Waals surface area contributed by atoms with Crippen molar-refractivity contribution >= 4 is 45.7 Å². The number of fused-ring (bicyclic) bond motifs is 1. The van der Waals surface area contributed by atoms with E-state index in [1.165, 1.54) is 0 Å². The highest BCUT2D eigenvalue weighted by Gasteiger charge is 2.24. The van der Waals surface area contributed by atoms with Gasteiger partial charge in [-0.05, 0) is 42.7 Å². The molecule has 2 aromatic carbocycles. The largest absolute Gasteiger partial charge is 0.449 e. The van der Waals surface area contributed by atoms with Gasteiger partial charge in [-0.2, -0.15) is 0 Å². The normalized spacial score (nSPS) is 10.7. The SMILES string of the molecule is Cc1nnsc1C(=O)Nc1c(C(=O)Nc2ccccc2)oc2ccccc12. The van der Waals surface area contributed by atoms with E-state index in [1.54, 1.807) is 37.3 Å². The van der Waals surface area contributed by atoms with E-state index in [1.807, 2.05) is 24.3 Å². The van der Waals surface area contributed by atoms with Gasteiger partial charge in [0.25, 0.3) is 11.8 Å². The van der Waals surface area contributed by atoms with E-state index in [0.717, 1.165) is 11.5 Å². The summed E-state index contributed by atoms with van der Waals surface area (Å²) in [4.78, 5) is 25.8. The Morgan fingerprint density at radius 2 is 1.70 bits per heavy atom. The summed E-state index contributed by atoms with van der Waals surface area (Å²) in [5.41, 5.74) is 1.98. The molecule has 2 amide bonds. The van der Waals surface area contributed by atoms with Crippen LogP contribution in [0.5, 0.6) is 0 Å². The Bertz CT molecular complexity index is 1130. The molecule has 0 bridgehead atoms. The van der Waals surface area contributed by atoms with Crippen LogP contribution in [0.3, 0.4) is 0 Å². The molecule has 4 aromatic rings. The summed E-state index contributed by atoms with van der Waals surface area (Å²) in [6.07, 6.45) is 0. The van der Waals surface area contributed by atoms with Gasteiger partial charge in [-0.15, -0.1) is 5.10 Å². The number of aryl methyl sites for hydroxylation is 1. The molecule has 2 heterocycles. The molecular formula is C19H14N4O3S. The van der Waals surface area contributed by atoms with Gasteiger partial charge >= 0.3 is 0 Å². The lowest BCUT2D eigenvalue weighted by Crippen LogP contribution is -2.17. The van der Waals surface area contributed by atoms with Crippen LogP contribution in [0, 0.1) is 6.92 Å². The quantitative estimate of drug-likeness (QED) is 0.557. The van der Waals surface area contributed by atoms with Gasteiger partial charge in [-0.3, -0.25) is 9.59 Å². The smallest absolute Gasteiger partial charge is 0.293 e. The Morgan fingerprint density at radius 1 is 0.963 bits per heavy atom. The molecule has 2 aromatic heterocycles. The molecule has 134 valence electrons. The lowest BCUT2D eigenvalue weighted by Gasteiger charge is -2.06. The fourth-order valence-corrected chi connectivity index (χ4v) is 3.20. The van der Waals surface area contributed by atoms with Gasteiger partial charge in [0.2, 0.25) is 5.76 Å². The molecule has 0 aliphatic rings.